The second kappa shape index (κ2) is 7.30. The molecule has 0 unspecified atom stereocenters. The van der Waals surface area contributed by atoms with Crippen molar-refractivity contribution in [2.24, 2.45) is 0 Å². The van der Waals surface area contributed by atoms with Crippen LogP contribution in [0.15, 0.2) is 82.6 Å². The minimum Gasteiger partial charge on any atom is -0.461 e. The Kier molecular flexibility index (Phi) is 4.54. The van der Waals surface area contributed by atoms with Gasteiger partial charge in [0.2, 0.25) is 5.82 Å². The molecule has 126 valence electrons. The summed E-state index contributed by atoms with van der Waals surface area (Å²) in [6.07, 6.45) is 1.62. The van der Waals surface area contributed by atoms with Gasteiger partial charge in [-0.1, -0.05) is 42.1 Å². The third-order valence-corrected chi connectivity index (χ3v) is 4.81. The van der Waals surface area contributed by atoms with E-state index in [9.17, 15) is 0 Å². The maximum Gasteiger partial charge on any atom is 0.205 e. The minimum atomic E-state index is 0.656. The molecule has 0 amide bonds. The molecule has 0 aliphatic rings. The minimum absolute atomic E-state index is 0.656. The fourth-order valence-corrected chi connectivity index (χ4v) is 3.51. The Labute approximate surface area is 154 Å². The van der Waals surface area contributed by atoms with Gasteiger partial charge in [0, 0.05) is 11.4 Å². The van der Waals surface area contributed by atoms with Gasteiger partial charge in [-0.25, -0.2) is 0 Å². The Morgan fingerprint density at radius 2 is 1.88 bits per heavy atom. The van der Waals surface area contributed by atoms with Crippen molar-refractivity contribution in [2.75, 3.05) is 0 Å². The highest BCUT2D eigenvalue weighted by molar-refractivity contribution is 7.98. The summed E-state index contributed by atoms with van der Waals surface area (Å²) in [6, 6.07) is 23.4. The number of hydrogen-bond donors (Lipinski definition) is 0. The third kappa shape index (κ3) is 3.25. The molecule has 0 saturated heterocycles. The van der Waals surface area contributed by atoms with E-state index in [1.165, 1.54) is 0 Å². The zero-order chi connectivity index (χ0) is 17.8. The van der Waals surface area contributed by atoms with E-state index < -0.39 is 0 Å². The van der Waals surface area contributed by atoms with Crippen LogP contribution in [0.5, 0.6) is 0 Å². The SMILES string of the molecule is N#Cc1cccc(CSc2nnc(-c3ccco3)n2-c2ccccc2)c1. The summed E-state index contributed by atoms with van der Waals surface area (Å²) in [5.74, 6) is 2.02. The van der Waals surface area contributed by atoms with Crippen molar-refractivity contribution in [2.45, 2.75) is 10.9 Å². The first-order valence-electron chi connectivity index (χ1n) is 8.02. The maximum absolute atomic E-state index is 9.06. The summed E-state index contributed by atoms with van der Waals surface area (Å²) in [5, 5.41) is 18.5. The Balaban J connectivity index is 1.69. The third-order valence-electron chi connectivity index (χ3n) is 3.81. The average molecular weight is 358 g/mol. The van der Waals surface area contributed by atoms with Crippen molar-refractivity contribution in [3.8, 4) is 23.3 Å². The first-order valence-corrected chi connectivity index (χ1v) is 9.00. The van der Waals surface area contributed by atoms with Gasteiger partial charge in [0.15, 0.2) is 10.9 Å². The van der Waals surface area contributed by atoms with Crippen LogP contribution >= 0.6 is 11.8 Å². The fourth-order valence-electron chi connectivity index (χ4n) is 2.62. The summed E-state index contributed by atoms with van der Waals surface area (Å²) >= 11 is 1.57. The number of thioether (sulfide) groups is 1. The lowest BCUT2D eigenvalue weighted by atomic mass is 10.2. The molecule has 0 bridgehead atoms. The Morgan fingerprint density at radius 3 is 2.65 bits per heavy atom. The molecule has 6 heteroatoms. The molecule has 0 spiro atoms. The van der Waals surface area contributed by atoms with Gasteiger partial charge in [-0.15, -0.1) is 10.2 Å². The topological polar surface area (TPSA) is 67.6 Å². The van der Waals surface area contributed by atoms with E-state index in [0.717, 1.165) is 16.4 Å². The molecule has 2 heterocycles. The molecule has 0 saturated carbocycles. The van der Waals surface area contributed by atoms with Crippen molar-refractivity contribution >= 4 is 11.8 Å². The zero-order valence-electron chi connectivity index (χ0n) is 13.7. The monoisotopic (exact) mass is 358 g/mol. The number of aromatic nitrogens is 3. The largest absolute Gasteiger partial charge is 0.461 e. The van der Waals surface area contributed by atoms with Crippen LogP contribution in [-0.4, -0.2) is 14.8 Å². The predicted octanol–water partition coefficient (Wildman–Crippen LogP) is 4.69. The van der Waals surface area contributed by atoms with Gasteiger partial charge in [-0.3, -0.25) is 4.57 Å². The van der Waals surface area contributed by atoms with Crippen molar-refractivity contribution in [3.63, 3.8) is 0 Å². The van der Waals surface area contributed by atoms with E-state index in [0.29, 0.717) is 22.9 Å². The van der Waals surface area contributed by atoms with Crippen LogP contribution in [-0.2, 0) is 5.75 Å². The van der Waals surface area contributed by atoms with Crippen LogP contribution < -0.4 is 0 Å². The van der Waals surface area contributed by atoms with Crippen LogP contribution in [0.1, 0.15) is 11.1 Å². The van der Waals surface area contributed by atoms with Gasteiger partial charge < -0.3 is 4.42 Å². The quantitative estimate of drug-likeness (QED) is 0.484. The van der Waals surface area contributed by atoms with E-state index >= 15 is 0 Å². The van der Waals surface area contributed by atoms with E-state index in [2.05, 4.69) is 16.3 Å². The molecule has 0 N–H and O–H groups in total. The highest BCUT2D eigenvalue weighted by atomic mass is 32.2. The number of rotatable bonds is 5. The first-order chi connectivity index (χ1) is 12.8. The molecule has 0 radical (unpaired) electrons. The summed E-state index contributed by atoms with van der Waals surface area (Å²) in [7, 11) is 0. The molecule has 0 atom stereocenters. The molecule has 4 aromatic rings. The normalized spacial score (nSPS) is 10.6. The summed E-state index contributed by atoms with van der Waals surface area (Å²) in [6.45, 7) is 0. The van der Waals surface area contributed by atoms with Gasteiger partial charge in [-0.2, -0.15) is 5.26 Å². The van der Waals surface area contributed by atoms with Gasteiger partial charge in [0.05, 0.1) is 17.9 Å². The standard InChI is InChI=1S/C20H14N4OS/c21-13-15-6-4-7-16(12-15)14-26-20-23-22-19(18-10-5-11-25-18)24(20)17-8-2-1-3-9-17/h1-12H,14H2. The molecular formula is C20H14N4OS. The summed E-state index contributed by atoms with van der Waals surface area (Å²) in [5.41, 5.74) is 2.69. The van der Waals surface area contributed by atoms with Gasteiger partial charge in [0.1, 0.15) is 0 Å². The lowest BCUT2D eigenvalue weighted by Gasteiger charge is -2.09. The van der Waals surface area contributed by atoms with Crippen molar-refractivity contribution < 1.29 is 4.42 Å². The van der Waals surface area contributed by atoms with Crippen molar-refractivity contribution in [1.29, 1.82) is 5.26 Å². The average Bonchev–Trinajstić information content (AvgIpc) is 3.36. The fraction of sp³-hybridized carbons (Fsp3) is 0.0500. The van der Waals surface area contributed by atoms with Crippen LogP contribution in [0.4, 0.5) is 0 Å². The summed E-state index contributed by atoms with van der Waals surface area (Å²) in [4.78, 5) is 0. The van der Waals surface area contributed by atoms with Gasteiger partial charge in [-0.05, 0) is 42.0 Å². The smallest absolute Gasteiger partial charge is 0.205 e. The summed E-state index contributed by atoms with van der Waals surface area (Å²) < 4.78 is 7.50. The van der Waals surface area contributed by atoms with Gasteiger partial charge >= 0.3 is 0 Å². The predicted molar refractivity (Wildman–Crippen MR) is 99.8 cm³/mol. The van der Waals surface area contributed by atoms with E-state index in [1.54, 1.807) is 24.1 Å². The number of nitriles is 1. The Morgan fingerprint density at radius 1 is 1.00 bits per heavy atom. The van der Waals surface area contributed by atoms with Crippen LogP contribution in [0.2, 0.25) is 0 Å². The van der Waals surface area contributed by atoms with Crippen LogP contribution in [0.3, 0.4) is 0 Å². The molecule has 5 nitrogen and oxygen atoms in total. The number of para-hydroxylation sites is 1. The molecule has 26 heavy (non-hydrogen) atoms. The molecule has 0 fully saturated rings. The van der Waals surface area contributed by atoms with E-state index in [1.807, 2.05) is 65.2 Å². The Hall–Kier alpha value is -3.30. The molecular weight excluding hydrogens is 344 g/mol. The molecule has 0 aliphatic heterocycles. The number of hydrogen-bond acceptors (Lipinski definition) is 5. The highest BCUT2D eigenvalue weighted by Crippen LogP contribution is 2.29. The van der Waals surface area contributed by atoms with Crippen molar-refractivity contribution in [1.82, 2.24) is 14.8 Å². The van der Waals surface area contributed by atoms with Gasteiger partial charge in [0.25, 0.3) is 0 Å². The molecule has 2 aromatic carbocycles. The van der Waals surface area contributed by atoms with Crippen LogP contribution in [0, 0.1) is 11.3 Å². The molecule has 4 rings (SSSR count). The number of nitrogens with zero attached hydrogens (tertiary/aromatic N) is 4. The lowest BCUT2D eigenvalue weighted by molar-refractivity contribution is 0.575. The van der Waals surface area contributed by atoms with Crippen LogP contribution in [0.25, 0.3) is 17.3 Å². The lowest BCUT2D eigenvalue weighted by Crippen LogP contribution is -1.99. The number of benzene rings is 2. The Bertz CT molecular complexity index is 1050. The second-order valence-corrected chi connectivity index (χ2v) is 6.50. The molecule has 0 aliphatic carbocycles. The number of furan rings is 1. The zero-order valence-corrected chi connectivity index (χ0v) is 14.6. The van der Waals surface area contributed by atoms with E-state index in [4.69, 9.17) is 9.68 Å². The van der Waals surface area contributed by atoms with E-state index in [-0.39, 0.29) is 0 Å². The maximum atomic E-state index is 9.06. The van der Waals surface area contributed by atoms with Crippen molar-refractivity contribution in [3.05, 3.63) is 84.1 Å². The second-order valence-electron chi connectivity index (χ2n) is 5.56. The molecule has 2 aromatic heterocycles. The highest BCUT2D eigenvalue weighted by Gasteiger charge is 2.17. The first kappa shape index (κ1) is 16.2.